The van der Waals surface area contributed by atoms with Crippen molar-refractivity contribution in [3.05, 3.63) is 20.7 Å². The third-order valence-corrected chi connectivity index (χ3v) is 3.92. The average molecular weight is 240 g/mol. The lowest BCUT2D eigenvalue weighted by Crippen LogP contribution is -2.12. The van der Waals surface area contributed by atoms with E-state index in [2.05, 4.69) is 0 Å². The first-order valence-electron chi connectivity index (χ1n) is 5.62. The van der Waals surface area contributed by atoms with E-state index in [9.17, 15) is 10.1 Å². The molecule has 0 aromatic rings. The van der Waals surface area contributed by atoms with Gasteiger partial charge in [0.05, 0.1) is 9.83 Å². The van der Waals surface area contributed by atoms with Crippen molar-refractivity contribution in [1.29, 1.82) is 5.26 Å². The van der Waals surface area contributed by atoms with E-state index >= 15 is 0 Å². The van der Waals surface area contributed by atoms with Crippen molar-refractivity contribution in [2.24, 2.45) is 5.92 Å². The molecule has 1 aliphatic carbocycles. The van der Waals surface area contributed by atoms with Gasteiger partial charge in [-0.1, -0.05) is 26.2 Å². The Morgan fingerprint density at radius 2 is 2.12 bits per heavy atom. The predicted octanol–water partition coefficient (Wildman–Crippen LogP) is 3.33. The van der Waals surface area contributed by atoms with E-state index in [0.29, 0.717) is 4.91 Å². The summed E-state index contributed by atoms with van der Waals surface area (Å²) in [4.78, 5) is 11.0. The van der Waals surface area contributed by atoms with Crippen LogP contribution >= 0.6 is 11.8 Å². The van der Waals surface area contributed by atoms with E-state index in [4.69, 9.17) is 5.26 Å². The van der Waals surface area contributed by atoms with Crippen LogP contribution in [0.1, 0.15) is 39.0 Å². The third-order valence-electron chi connectivity index (χ3n) is 2.80. The molecule has 0 N–H and O–H groups in total. The molecule has 0 bridgehead atoms. The quantitative estimate of drug-likeness (QED) is 0.429. The molecule has 0 atom stereocenters. The molecule has 0 saturated heterocycles. The average Bonchev–Trinajstić information content (AvgIpc) is 2.29. The standard InChI is InChI=1S/C11H16N2O2S/c1-2-16-11(10(8-12)13(14)15)9-6-4-3-5-7-9/h9H,2-7H2,1H3/b11-10-. The van der Waals surface area contributed by atoms with Gasteiger partial charge in [0.2, 0.25) is 0 Å². The molecule has 0 spiro atoms. The second-order valence-corrected chi connectivity index (χ2v) is 5.16. The Balaban J connectivity index is 2.95. The highest BCUT2D eigenvalue weighted by Gasteiger charge is 2.27. The zero-order chi connectivity index (χ0) is 12.0. The maximum Gasteiger partial charge on any atom is 0.355 e. The van der Waals surface area contributed by atoms with Crippen LogP contribution in [0.15, 0.2) is 10.6 Å². The van der Waals surface area contributed by atoms with Crippen LogP contribution in [0, 0.1) is 27.4 Å². The van der Waals surface area contributed by atoms with Gasteiger partial charge in [0, 0.05) is 0 Å². The molecule has 5 heteroatoms. The van der Waals surface area contributed by atoms with Gasteiger partial charge in [-0.25, -0.2) is 0 Å². The van der Waals surface area contributed by atoms with Gasteiger partial charge in [-0.05, 0) is 24.5 Å². The Labute approximate surface area is 99.9 Å². The fourth-order valence-electron chi connectivity index (χ4n) is 2.09. The van der Waals surface area contributed by atoms with Gasteiger partial charge >= 0.3 is 5.70 Å². The minimum atomic E-state index is -0.535. The van der Waals surface area contributed by atoms with Crippen LogP contribution in [-0.2, 0) is 0 Å². The Kier molecular flexibility index (Phi) is 5.33. The summed E-state index contributed by atoms with van der Waals surface area (Å²) in [7, 11) is 0. The number of nitrogens with zero attached hydrogens (tertiary/aromatic N) is 2. The van der Waals surface area contributed by atoms with Gasteiger partial charge in [-0.15, -0.1) is 11.8 Å². The zero-order valence-corrected chi connectivity index (χ0v) is 10.3. The number of nitro groups is 1. The molecule has 1 fully saturated rings. The predicted molar refractivity (Wildman–Crippen MR) is 64.3 cm³/mol. The molecule has 0 amide bonds. The Morgan fingerprint density at radius 1 is 1.50 bits per heavy atom. The molecule has 88 valence electrons. The topological polar surface area (TPSA) is 66.9 Å². The summed E-state index contributed by atoms with van der Waals surface area (Å²) < 4.78 is 0. The molecular formula is C11H16N2O2S. The van der Waals surface area contributed by atoms with Crippen molar-refractivity contribution in [2.75, 3.05) is 5.75 Å². The van der Waals surface area contributed by atoms with Gasteiger partial charge in [0.25, 0.3) is 0 Å². The van der Waals surface area contributed by atoms with Crippen LogP contribution < -0.4 is 0 Å². The largest absolute Gasteiger partial charge is 0.355 e. The first-order chi connectivity index (χ1) is 7.70. The molecule has 0 heterocycles. The van der Waals surface area contributed by atoms with E-state index < -0.39 is 4.92 Å². The summed E-state index contributed by atoms with van der Waals surface area (Å²) in [5.74, 6) is 1.02. The fraction of sp³-hybridized carbons (Fsp3) is 0.727. The molecule has 0 unspecified atom stereocenters. The Morgan fingerprint density at radius 3 is 2.56 bits per heavy atom. The summed E-state index contributed by atoms with van der Waals surface area (Å²) in [5, 5.41) is 19.7. The highest BCUT2D eigenvalue weighted by atomic mass is 32.2. The highest BCUT2D eigenvalue weighted by Crippen LogP contribution is 2.37. The monoisotopic (exact) mass is 240 g/mol. The SMILES string of the molecule is CCS/C(=C(/C#N)[N+](=O)[O-])C1CCCCC1. The number of nitriles is 1. The molecule has 1 rings (SSSR count). The van der Waals surface area contributed by atoms with E-state index in [-0.39, 0.29) is 11.6 Å². The fourth-order valence-corrected chi connectivity index (χ4v) is 3.13. The summed E-state index contributed by atoms with van der Waals surface area (Å²) in [6.07, 6.45) is 5.42. The number of allylic oxidation sites excluding steroid dienone is 2. The van der Waals surface area contributed by atoms with Gasteiger partial charge in [-0.2, -0.15) is 5.26 Å². The molecule has 0 aromatic carbocycles. The van der Waals surface area contributed by atoms with Crippen molar-refractivity contribution in [3.63, 3.8) is 0 Å². The summed E-state index contributed by atoms with van der Waals surface area (Å²) in [5.41, 5.74) is -0.237. The van der Waals surface area contributed by atoms with Crippen molar-refractivity contribution in [3.8, 4) is 6.07 Å². The molecular weight excluding hydrogens is 224 g/mol. The smallest absolute Gasteiger partial charge is 0.258 e. The number of rotatable bonds is 4. The van der Waals surface area contributed by atoms with E-state index in [0.717, 1.165) is 31.4 Å². The van der Waals surface area contributed by atoms with Gasteiger partial charge in [0.15, 0.2) is 6.07 Å². The van der Waals surface area contributed by atoms with Crippen LogP contribution in [0.3, 0.4) is 0 Å². The normalized spacial score (nSPS) is 18.8. The first-order valence-corrected chi connectivity index (χ1v) is 6.60. The summed E-state index contributed by atoms with van der Waals surface area (Å²) in [6.45, 7) is 1.96. The highest BCUT2D eigenvalue weighted by molar-refractivity contribution is 8.03. The molecule has 4 nitrogen and oxygen atoms in total. The van der Waals surface area contributed by atoms with Crippen LogP contribution in [0.2, 0.25) is 0 Å². The van der Waals surface area contributed by atoms with Gasteiger partial charge in [-0.3, -0.25) is 10.1 Å². The number of hydrogen-bond donors (Lipinski definition) is 0. The van der Waals surface area contributed by atoms with Crippen LogP contribution in [0.5, 0.6) is 0 Å². The van der Waals surface area contributed by atoms with Crippen molar-refractivity contribution >= 4 is 11.8 Å². The van der Waals surface area contributed by atoms with Crippen LogP contribution in [0.25, 0.3) is 0 Å². The Hall–Kier alpha value is -1.02. The Bertz CT molecular complexity index is 327. The molecule has 1 saturated carbocycles. The van der Waals surface area contributed by atoms with Crippen molar-refractivity contribution in [1.82, 2.24) is 0 Å². The second kappa shape index (κ2) is 6.54. The summed E-state index contributed by atoms with van der Waals surface area (Å²) >= 11 is 1.46. The lowest BCUT2D eigenvalue weighted by Gasteiger charge is -2.22. The zero-order valence-electron chi connectivity index (χ0n) is 9.44. The van der Waals surface area contributed by atoms with Gasteiger partial charge in [0.1, 0.15) is 0 Å². The molecule has 16 heavy (non-hydrogen) atoms. The maximum absolute atomic E-state index is 10.8. The lowest BCUT2D eigenvalue weighted by atomic mass is 9.88. The molecule has 0 radical (unpaired) electrons. The van der Waals surface area contributed by atoms with Crippen molar-refractivity contribution in [2.45, 2.75) is 39.0 Å². The van der Waals surface area contributed by atoms with Crippen LogP contribution in [0.4, 0.5) is 0 Å². The minimum Gasteiger partial charge on any atom is -0.258 e. The first kappa shape index (κ1) is 13.0. The molecule has 0 aliphatic heterocycles. The van der Waals surface area contributed by atoms with E-state index in [1.165, 1.54) is 18.2 Å². The van der Waals surface area contributed by atoms with E-state index in [1.54, 1.807) is 6.07 Å². The van der Waals surface area contributed by atoms with E-state index in [1.807, 2.05) is 6.92 Å². The lowest BCUT2D eigenvalue weighted by molar-refractivity contribution is -0.418. The molecule has 1 aliphatic rings. The summed E-state index contributed by atoms with van der Waals surface area (Å²) in [6, 6.07) is 1.74. The van der Waals surface area contributed by atoms with Crippen LogP contribution in [-0.4, -0.2) is 10.7 Å². The van der Waals surface area contributed by atoms with Crippen molar-refractivity contribution < 1.29 is 4.92 Å². The third kappa shape index (κ3) is 3.24. The van der Waals surface area contributed by atoms with Gasteiger partial charge < -0.3 is 0 Å². The second-order valence-electron chi connectivity index (χ2n) is 3.85. The minimum absolute atomic E-state index is 0.235. The molecule has 0 aromatic heterocycles. The number of hydrogen-bond acceptors (Lipinski definition) is 4. The maximum atomic E-state index is 10.8. The number of thioether (sulfide) groups is 1.